The molecular formula is C20H32N2O2. The Balaban J connectivity index is 1.50. The smallest absolute Gasteiger partial charge is 0.126 e. The number of piperidine rings is 1. The number of aliphatic hydroxyl groups is 1. The summed E-state index contributed by atoms with van der Waals surface area (Å²) in [4.78, 5) is 2.40. The lowest BCUT2D eigenvalue weighted by Gasteiger charge is -2.37. The maximum Gasteiger partial charge on any atom is 0.126 e. The predicted octanol–water partition coefficient (Wildman–Crippen LogP) is 2.59. The van der Waals surface area contributed by atoms with Crippen molar-refractivity contribution in [2.75, 3.05) is 26.7 Å². The summed E-state index contributed by atoms with van der Waals surface area (Å²) in [7, 11) is 2.20. The van der Waals surface area contributed by atoms with E-state index >= 15 is 0 Å². The van der Waals surface area contributed by atoms with Gasteiger partial charge in [0.05, 0.1) is 0 Å². The first-order valence-electron chi connectivity index (χ1n) is 9.45. The summed E-state index contributed by atoms with van der Waals surface area (Å²) in [5, 5.41) is 14.4. The highest BCUT2D eigenvalue weighted by molar-refractivity contribution is 5.27. The second-order valence-corrected chi connectivity index (χ2v) is 7.66. The van der Waals surface area contributed by atoms with Crippen LogP contribution in [-0.2, 0) is 0 Å². The van der Waals surface area contributed by atoms with E-state index in [1.54, 1.807) is 0 Å². The van der Waals surface area contributed by atoms with Gasteiger partial charge in [-0.15, -0.1) is 0 Å². The van der Waals surface area contributed by atoms with Gasteiger partial charge in [-0.05, 0) is 89.3 Å². The van der Waals surface area contributed by atoms with Crippen LogP contribution in [0.15, 0.2) is 24.3 Å². The summed E-state index contributed by atoms with van der Waals surface area (Å²) in [6.07, 6.45) is 5.08. The summed E-state index contributed by atoms with van der Waals surface area (Å²) in [5.74, 6) is 1.61. The molecule has 2 fully saturated rings. The molecule has 1 aliphatic carbocycles. The van der Waals surface area contributed by atoms with Gasteiger partial charge >= 0.3 is 0 Å². The average molecular weight is 332 g/mol. The predicted molar refractivity (Wildman–Crippen MR) is 97.5 cm³/mol. The molecule has 4 heteroatoms. The standard InChI is InChI=1S/C20H32N2O2/c1-15-5-3-6-17(13-15)24-19-8-4-7-18(20(19)23)21-14-16-9-11-22(2)12-10-16/h3,5-6,13,16,18-21,23H,4,7-12,14H2,1-2H3/t18-,19+,20+/m0/s1. The molecule has 3 rings (SSSR count). The molecule has 24 heavy (non-hydrogen) atoms. The number of benzene rings is 1. The lowest BCUT2D eigenvalue weighted by atomic mass is 9.88. The van der Waals surface area contributed by atoms with Crippen molar-refractivity contribution < 1.29 is 9.84 Å². The van der Waals surface area contributed by atoms with Gasteiger partial charge in [-0.25, -0.2) is 0 Å². The van der Waals surface area contributed by atoms with Gasteiger partial charge < -0.3 is 20.1 Å². The second kappa shape index (κ2) is 8.32. The zero-order valence-corrected chi connectivity index (χ0v) is 15.1. The van der Waals surface area contributed by atoms with Gasteiger partial charge in [0.15, 0.2) is 0 Å². The number of rotatable bonds is 5. The highest BCUT2D eigenvalue weighted by Crippen LogP contribution is 2.25. The summed E-state index contributed by atoms with van der Waals surface area (Å²) < 4.78 is 6.09. The molecule has 0 radical (unpaired) electrons. The van der Waals surface area contributed by atoms with E-state index in [-0.39, 0.29) is 12.1 Å². The number of aliphatic hydroxyl groups excluding tert-OH is 1. The van der Waals surface area contributed by atoms with Crippen LogP contribution in [0.25, 0.3) is 0 Å². The van der Waals surface area contributed by atoms with Crippen molar-refractivity contribution >= 4 is 0 Å². The number of nitrogens with zero attached hydrogens (tertiary/aromatic N) is 1. The van der Waals surface area contributed by atoms with Crippen LogP contribution in [0.5, 0.6) is 5.75 Å². The molecule has 2 N–H and O–H groups in total. The number of hydrogen-bond donors (Lipinski definition) is 2. The topological polar surface area (TPSA) is 44.7 Å². The monoisotopic (exact) mass is 332 g/mol. The van der Waals surface area contributed by atoms with Gasteiger partial charge in [-0.1, -0.05) is 12.1 Å². The Morgan fingerprint density at radius 3 is 2.75 bits per heavy atom. The molecule has 134 valence electrons. The molecule has 1 aliphatic heterocycles. The quantitative estimate of drug-likeness (QED) is 0.870. The molecular weight excluding hydrogens is 300 g/mol. The summed E-state index contributed by atoms with van der Waals surface area (Å²) in [5.41, 5.74) is 1.19. The fraction of sp³-hybridized carbons (Fsp3) is 0.700. The summed E-state index contributed by atoms with van der Waals surface area (Å²) in [6, 6.07) is 8.26. The summed E-state index contributed by atoms with van der Waals surface area (Å²) in [6.45, 7) is 5.47. The average Bonchev–Trinajstić information content (AvgIpc) is 2.57. The first-order valence-corrected chi connectivity index (χ1v) is 9.45. The fourth-order valence-electron chi connectivity index (χ4n) is 3.94. The number of ether oxygens (including phenoxy) is 1. The number of likely N-dealkylation sites (tertiary alicyclic amines) is 1. The van der Waals surface area contributed by atoms with E-state index in [0.717, 1.165) is 37.5 Å². The molecule has 1 saturated heterocycles. The van der Waals surface area contributed by atoms with Crippen molar-refractivity contribution in [1.29, 1.82) is 0 Å². The largest absolute Gasteiger partial charge is 0.488 e. The Morgan fingerprint density at radius 1 is 1.21 bits per heavy atom. The van der Waals surface area contributed by atoms with E-state index in [4.69, 9.17) is 4.74 Å². The Morgan fingerprint density at radius 2 is 2.00 bits per heavy atom. The maximum absolute atomic E-state index is 10.7. The van der Waals surface area contributed by atoms with Crippen molar-refractivity contribution in [1.82, 2.24) is 10.2 Å². The molecule has 1 saturated carbocycles. The van der Waals surface area contributed by atoms with Crippen LogP contribution in [0.4, 0.5) is 0 Å². The molecule has 1 heterocycles. The molecule has 0 bridgehead atoms. The Hall–Kier alpha value is -1.10. The summed E-state index contributed by atoms with van der Waals surface area (Å²) >= 11 is 0. The number of hydrogen-bond acceptors (Lipinski definition) is 4. The molecule has 1 aromatic rings. The van der Waals surface area contributed by atoms with E-state index in [9.17, 15) is 5.11 Å². The van der Waals surface area contributed by atoms with E-state index in [2.05, 4.69) is 30.3 Å². The van der Waals surface area contributed by atoms with Crippen LogP contribution in [0.1, 0.15) is 37.7 Å². The second-order valence-electron chi connectivity index (χ2n) is 7.66. The first kappa shape index (κ1) is 17.7. The maximum atomic E-state index is 10.7. The van der Waals surface area contributed by atoms with E-state index in [0.29, 0.717) is 0 Å². The molecule has 3 atom stereocenters. The minimum atomic E-state index is -0.425. The van der Waals surface area contributed by atoms with Crippen LogP contribution in [0, 0.1) is 12.8 Å². The van der Waals surface area contributed by atoms with Crippen molar-refractivity contribution in [3.8, 4) is 5.75 Å². The van der Waals surface area contributed by atoms with Crippen molar-refractivity contribution in [3.63, 3.8) is 0 Å². The van der Waals surface area contributed by atoms with Gasteiger partial charge in [0.1, 0.15) is 18.0 Å². The molecule has 0 spiro atoms. The molecule has 2 aliphatic rings. The Kier molecular flexibility index (Phi) is 6.14. The van der Waals surface area contributed by atoms with E-state index in [1.165, 1.54) is 31.5 Å². The first-order chi connectivity index (χ1) is 11.6. The zero-order chi connectivity index (χ0) is 16.9. The van der Waals surface area contributed by atoms with Gasteiger partial charge in [-0.3, -0.25) is 0 Å². The lowest BCUT2D eigenvalue weighted by Crippen LogP contribution is -2.52. The Bertz CT molecular complexity index is 514. The zero-order valence-electron chi connectivity index (χ0n) is 15.1. The molecule has 0 aromatic heterocycles. The highest BCUT2D eigenvalue weighted by atomic mass is 16.5. The molecule has 4 nitrogen and oxygen atoms in total. The van der Waals surface area contributed by atoms with Crippen molar-refractivity contribution in [2.45, 2.75) is 57.3 Å². The minimum absolute atomic E-state index is 0.101. The van der Waals surface area contributed by atoms with Gasteiger partial charge in [0.25, 0.3) is 0 Å². The van der Waals surface area contributed by atoms with Crippen LogP contribution in [-0.4, -0.2) is 54.9 Å². The van der Waals surface area contributed by atoms with Crippen LogP contribution in [0.3, 0.4) is 0 Å². The van der Waals surface area contributed by atoms with Crippen molar-refractivity contribution in [2.24, 2.45) is 5.92 Å². The molecule has 1 aromatic carbocycles. The van der Waals surface area contributed by atoms with Crippen LogP contribution in [0.2, 0.25) is 0 Å². The molecule has 0 unspecified atom stereocenters. The van der Waals surface area contributed by atoms with Gasteiger partial charge in [-0.2, -0.15) is 0 Å². The van der Waals surface area contributed by atoms with Crippen LogP contribution >= 0.6 is 0 Å². The van der Waals surface area contributed by atoms with Crippen LogP contribution < -0.4 is 10.1 Å². The van der Waals surface area contributed by atoms with Crippen molar-refractivity contribution in [3.05, 3.63) is 29.8 Å². The highest BCUT2D eigenvalue weighted by Gasteiger charge is 2.33. The van der Waals surface area contributed by atoms with Gasteiger partial charge in [0, 0.05) is 6.04 Å². The normalized spacial score (nSPS) is 29.5. The lowest BCUT2D eigenvalue weighted by molar-refractivity contribution is -0.0166. The molecule has 0 amide bonds. The van der Waals surface area contributed by atoms with Gasteiger partial charge in [0.2, 0.25) is 0 Å². The van der Waals surface area contributed by atoms with E-state index < -0.39 is 6.10 Å². The van der Waals surface area contributed by atoms with E-state index in [1.807, 2.05) is 18.2 Å². The number of nitrogens with one attached hydrogen (secondary N) is 1. The SMILES string of the molecule is Cc1cccc(O[C@@H]2CCC[C@H](NCC3CCN(C)CC3)[C@H]2O)c1. The minimum Gasteiger partial charge on any atom is -0.488 e. The Labute approximate surface area is 146 Å². The third-order valence-electron chi connectivity index (χ3n) is 5.58. The third kappa shape index (κ3) is 4.71. The number of aryl methyl sites for hydroxylation is 1. The fourth-order valence-corrected chi connectivity index (χ4v) is 3.94. The third-order valence-corrected chi connectivity index (χ3v) is 5.58.